The molecule has 1 saturated heterocycles. The van der Waals surface area contributed by atoms with Gasteiger partial charge in [0.25, 0.3) is 0 Å². The van der Waals surface area contributed by atoms with E-state index in [4.69, 9.17) is 9.47 Å². The Kier molecular flexibility index (Phi) is 6.68. The quantitative estimate of drug-likeness (QED) is 0.544. The van der Waals surface area contributed by atoms with Gasteiger partial charge in [0.1, 0.15) is 6.61 Å². The van der Waals surface area contributed by atoms with Crippen LogP contribution in [0.3, 0.4) is 0 Å². The van der Waals surface area contributed by atoms with E-state index in [1.54, 1.807) is 48.4 Å². The summed E-state index contributed by atoms with van der Waals surface area (Å²) in [6.07, 6.45) is 6.29. The molecule has 2 amide bonds. The molecular weight excluding hydrogens is 368 g/mol. The second-order valence-corrected chi connectivity index (χ2v) is 6.53. The Morgan fingerprint density at radius 2 is 2.00 bits per heavy atom. The van der Waals surface area contributed by atoms with Crippen molar-refractivity contribution in [2.75, 3.05) is 30.5 Å². The van der Waals surface area contributed by atoms with Gasteiger partial charge in [-0.15, -0.1) is 0 Å². The molecule has 150 valence electrons. The first-order chi connectivity index (χ1) is 14.1. The summed E-state index contributed by atoms with van der Waals surface area (Å²) in [5.74, 6) is 1.09. The number of carbonyl (C=O) groups is 2. The number of nitrogens with zero attached hydrogens (tertiary/aromatic N) is 1. The fraction of sp³-hybridized carbons (Fsp3) is 0.217. The van der Waals surface area contributed by atoms with E-state index >= 15 is 0 Å². The molecule has 2 aromatic carbocycles. The fourth-order valence-electron chi connectivity index (χ4n) is 3.06. The van der Waals surface area contributed by atoms with Crippen molar-refractivity contribution in [3.05, 3.63) is 66.8 Å². The van der Waals surface area contributed by atoms with Gasteiger partial charge in [-0.2, -0.15) is 0 Å². The van der Waals surface area contributed by atoms with Crippen LogP contribution in [0.25, 0.3) is 6.08 Å². The lowest BCUT2D eigenvalue weighted by Gasteiger charge is -2.15. The van der Waals surface area contributed by atoms with Gasteiger partial charge in [0.2, 0.25) is 11.8 Å². The third kappa shape index (κ3) is 5.25. The van der Waals surface area contributed by atoms with Crippen molar-refractivity contribution in [2.45, 2.75) is 12.8 Å². The Labute approximate surface area is 170 Å². The standard InChI is InChI=1S/C23H24N2O4/c1-3-15-29-20-12-6-17(16-21(20)28-2)7-13-22(26)24-18-8-10-19(11-9-18)25-14-4-5-23(25)27/h3,6-13,16H,1,4-5,14-15H2,2H3,(H,24,26)/b13-7+. The number of rotatable bonds is 8. The third-order valence-corrected chi connectivity index (χ3v) is 4.49. The van der Waals surface area contributed by atoms with Crippen molar-refractivity contribution in [3.63, 3.8) is 0 Å². The summed E-state index contributed by atoms with van der Waals surface area (Å²) < 4.78 is 10.8. The Bertz CT molecular complexity index is 919. The molecule has 0 aliphatic carbocycles. The molecule has 1 fully saturated rings. The van der Waals surface area contributed by atoms with Crippen LogP contribution in [0.1, 0.15) is 18.4 Å². The maximum absolute atomic E-state index is 12.2. The van der Waals surface area contributed by atoms with Crippen molar-refractivity contribution in [2.24, 2.45) is 0 Å². The van der Waals surface area contributed by atoms with E-state index in [1.807, 2.05) is 18.2 Å². The van der Waals surface area contributed by atoms with Crippen LogP contribution in [0.2, 0.25) is 0 Å². The van der Waals surface area contributed by atoms with Gasteiger partial charge in [-0.3, -0.25) is 9.59 Å². The van der Waals surface area contributed by atoms with Crippen LogP contribution >= 0.6 is 0 Å². The first kappa shape index (κ1) is 20.2. The van der Waals surface area contributed by atoms with E-state index in [1.165, 1.54) is 6.08 Å². The van der Waals surface area contributed by atoms with E-state index in [2.05, 4.69) is 11.9 Å². The van der Waals surface area contributed by atoms with Gasteiger partial charge in [-0.05, 0) is 54.5 Å². The molecule has 0 atom stereocenters. The zero-order valence-corrected chi connectivity index (χ0v) is 16.4. The van der Waals surface area contributed by atoms with Crippen LogP contribution in [0, 0.1) is 0 Å². The normalized spacial score (nSPS) is 13.6. The first-order valence-electron chi connectivity index (χ1n) is 9.42. The number of benzene rings is 2. The molecule has 2 aromatic rings. The molecular formula is C23H24N2O4. The number of nitrogens with one attached hydrogen (secondary N) is 1. The number of anilines is 2. The number of amides is 2. The smallest absolute Gasteiger partial charge is 0.248 e. The van der Waals surface area contributed by atoms with Crippen LogP contribution in [-0.4, -0.2) is 32.1 Å². The molecule has 1 aliphatic rings. The minimum absolute atomic E-state index is 0.140. The molecule has 1 aliphatic heterocycles. The minimum atomic E-state index is -0.249. The maximum Gasteiger partial charge on any atom is 0.248 e. The summed E-state index contributed by atoms with van der Waals surface area (Å²) >= 11 is 0. The molecule has 0 spiro atoms. The van der Waals surface area contributed by atoms with E-state index in [9.17, 15) is 9.59 Å². The molecule has 6 heteroatoms. The van der Waals surface area contributed by atoms with Crippen molar-refractivity contribution in [3.8, 4) is 11.5 Å². The van der Waals surface area contributed by atoms with Crippen LogP contribution in [0.15, 0.2) is 61.2 Å². The average Bonchev–Trinajstić information content (AvgIpc) is 3.17. The summed E-state index contributed by atoms with van der Waals surface area (Å²) in [4.78, 5) is 25.8. The predicted molar refractivity (Wildman–Crippen MR) is 114 cm³/mol. The van der Waals surface area contributed by atoms with Gasteiger partial charge in [0, 0.05) is 30.4 Å². The van der Waals surface area contributed by atoms with Crippen LogP contribution < -0.4 is 19.7 Å². The molecule has 1 heterocycles. The minimum Gasteiger partial charge on any atom is -0.493 e. The Morgan fingerprint density at radius 1 is 1.21 bits per heavy atom. The molecule has 1 N–H and O–H groups in total. The molecule has 0 radical (unpaired) electrons. The zero-order valence-electron chi connectivity index (χ0n) is 16.4. The Morgan fingerprint density at radius 3 is 2.66 bits per heavy atom. The van der Waals surface area contributed by atoms with E-state index in [0.29, 0.717) is 30.2 Å². The molecule has 3 rings (SSSR count). The van der Waals surface area contributed by atoms with Gasteiger partial charge >= 0.3 is 0 Å². The zero-order chi connectivity index (χ0) is 20.6. The highest BCUT2D eigenvalue weighted by atomic mass is 16.5. The van der Waals surface area contributed by atoms with Crippen LogP contribution in [-0.2, 0) is 9.59 Å². The summed E-state index contributed by atoms with van der Waals surface area (Å²) in [5.41, 5.74) is 2.33. The monoisotopic (exact) mass is 392 g/mol. The van der Waals surface area contributed by atoms with E-state index in [-0.39, 0.29) is 11.8 Å². The van der Waals surface area contributed by atoms with E-state index in [0.717, 1.165) is 24.2 Å². The van der Waals surface area contributed by atoms with Gasteiger partial charge in [-0.25, -0.2) is 0 Å². The number of methoxy groups -OCH3 is 1. The van der Waals surface area contributed by atoms with Crippen LogP contribution in [0.5, 0.6) is 11.5 Å². The Balaban J connectivity index is 1.60. The predicted octanol–water partition coefficient (Wildman–Crippen LogP) is 4.04. The number of ether oxygens (including phenoxy) is 2. The topological polar surface area (TPSA) is 67.9 Å². The fourth-order valence-corrected chi connectivity index (χ4v) is 3.06. The summed E-state index contributed by atoms with van der Waals surface area (Å²) in [7, 11) is 1.57. The van der Waals surface area contributed by atoms with Crippen molar-refractivity contribution < 1.29 is 19.1 Å². The highest BCUT2D eigenvalue weighted by Gasteiger charge is 2.21. The molecule has 0 saturated carbocycles. The largest absolute Gasteiger partial charge is 0.493 e. The number of hydrogen-bond donors (Lipinski definition) is 1. The lowest BCUT2D eigenvalue weighted by Crippen LogP contribution is -2.23. The molecule has 0 unspecified atom stereocenters. The average molecular weight is 392 g/mol. The summed E-state index contributed by atoms with van der Waals surface area (Å²) in [5, 5.41) is 2.81. The second-order valence-electron chi connectivity index (χ2n) is 6.53. The summed E-state index contributed by atoms with van der Waals surface area (Å²) in [6.45, 7) is 4.75. The number of hydrogen-bond acceptors (Lipinski definition) is 4. The molecule has 0 aromatic heterocycles. The van der Waals surface area contributed by atoms with Crippen molar-refractivity contribution in [1.29, 1.82) is 0 Å². The van der Waals surface area contributed by atoms with Crippen LogP contribution in [0.4, 0.5) is 11.4 Å². The van der Waals surface area contributed by atoms with Gasteiger partial charge in [0.15, 0.2) is 11.5 Å². The van der Waals surface area contributed by atoms with Gasteiger partial charge in [0.05, 0.1) is 7.11 Å². The van der Waals surface area contributed by atoms with Crippen molar-refractivity contribution in [1.82, 2.24) is 0 Å². The molecule has 29 heavy (non-hydrogen) atoms. The Hall–Kier alpha value is -3.54. The number of carbonyl (C=O) groups excluding carboxylic acids is 2. The lowest BCUT2D eigenvalue weighted by molar-refractivity contribution is -0.117. The first-order valence-corrected chi connectivity index (χ1v) is 9.42. The molecule has 6 nitrogen and oxygen atoms in total. The highest BCUT2D eigenvalue weighted by molar-refractivity contribution is 6.02. The van der Waals surface area contributed by atoms with Gasteiger partial charge < -0.3 is 19.7 Å². The van der Waals surface area contributed by atoms with E-state index < -0.39 is 0 Å². The lowest BCUT2D eigenvalue weighted by atomic mass is 10.2. The molecule has 0 bridgehead atoms. The third-order valence-electron chi connectivity index (χ3n) is 4.49. The van der Waals surface area contributed by atoms with Gasteiger partial charge in [-0.1, -0.05) is 18.7 Å². The summed E-state index contributed by atoms with van der Waals surface area (Å²) in [6, 6.07) is 12.7. The highest BCUT2D eigenvalue weighted by Crippen LogP contribution is 2.28. The second kappa shape index (κ2) is 9.59. The maximum atomic E-state index is 12.2. The van der Waals surface area contributed by atoms with Crippen molar-refractivity contribution >= 4 is 29.3 Å². The SMILES string of the molecule is C=CCOc1ccc(/C=C/C(=O)Nc2ccc(N3CCCC3=O)cc2)cc1OC.